The van der Waals surface area contributed by atoms with Gasteiger partial charge in [-0.3, -0.25) is 4.79 Å². The summed E-state index contributed by atoms with van der Waals surface area (Å²) in [6.07, 6.45) is 3.12. The van der Waals surface area contributed by atoms with Crippen LogP contribution in [0.1, 0.15) is 25.7 Å². The van der Waals surface area contributed by atoms with Crippen LogP contribution in [0, 0.1) is 0 Å². The van der Waals surface area contributed by atoms with Crippen LogP contribution in [-0.2, 0) is 15.0 Å². The van der Waals surface area contributed by atoms with Crippen LogP contribution in [0.15, 0.2) is 0 Å². The zero-order valence-corrected chi connectivity index (χ0v) is 12.8. The quantitative estimate of drug-likeness (QED) is 0.710. The lowest BCUT2D eigenvalue weighted by atomic mass is 10.0. The van der Waals surface area contributed by atoms with Crippen molar-refractivity contribution in [3.05, 3.63) is 0 Å². The Morgan fingerprint density at radius 3 is 2.70 bits per heavy atom. The number of carbonyl (C=O) groups is 1. The molecular weight excluding hydrogens is 280 g/mol. The van der Waals surface area contributed by atoms with E-state index in [0.717, 1.165) is 25.8 Å². The number of carbonyl (C=O) groups excluding carboxylic acids is 1. The molecule has 20 heavy (non-hydrogen) atoms. The van der Waals surface area contributed by atoms with E-state index in [9.17, 15) is 13.2 Å². The van der Waals surface area contributed by atoms with Crippen molar-refractivity contribution in [2.75, 3.05) is 39.8 Å². The van der Waals surface area contributed by atoms with Crippen molar-refractivity contribution in [1.82, 2.24) is 19.2 Å². The first-order chi connectivity index (χ1) is 9.57. The SMILES string of the molecule is CNC(=O)C1CCCCN1S(=O)(=O)N1CCCNCC1. The van der Waals surface area contributed by atoms with E-state index >= 15 is 0 Å². The maximum atomic E-state index is 12.8. The first-order valence-corrected chi connectivity index (χ1v) is 8.66. The molecule has 7 nitrogen and oxygen atoms in total. The highest BCUT2D eigenvalue weighted by molar-refractivity contribution is 7.86. The van der Waals surface area contributed by atoms with Gasteiger partial charge in [0.25, 0.3) is 10.2 Å². The van der Waals surface area contributed by atoms with E-state index in [0.29, 0.717) is 32.6 Å². The van der Waals surface area contributed by atoms with Crippen LogP contribution >= 0.6 is 0 Å². The lowest BCUT2D eigenvalue weighted by Crippen LogP contribution is -2.55. The third kappa shape index (κ3) is 3.30. The predicted molar refractivity (Wildman–Crippen MR) is 76.4 cm³/mol. The van der Waals surface area contributed by atoms with E-state index in [1.165, 1.54) is 8.61 Å². The number of piperidine rings is 1. The molecule has 2 N–H and O–H groups in total. The minimum absolute atomic E-state index is 0.207. The van der Waals surface area contributed by atoms with Crippen LogP contribution < -0.4 is 10.6 Å². The van der Waals surface area contributed by atoms with Crippen molar-refractivity contribution < 1.29 is 13.2 Å². The molecular formula is C12H24N4O3S. The van der Waals surface area contributed by atoms with E-state index in [-0.39, 0.29) is 5.91 Å². The van der Waals surface area contributed by atoms with Crippen LogP contribution in [0.25, 0.3) is 0 Å². The molecule has 1 atom stereocenters. The van der Waals surface area contributed by atoms with E-state index in [1.807, 2.05) is 0 Å². The number of hydrogen-bond acceptors (Lipinski definition) is 4. The topological polar surface area (TPSA) is 81.8 Å². The number of hydrogen-bond donors (Lipinski definition) is 2. The van der Waals surface area contributed by atoms with Gasteiger partial charge in [0.15, 0.2) is 0 Å². The van der Waals surface area contributed by atoms with Crippen molar-refractivity contribution in [2.45, 2.75) is 31.7 Å². The van der Waals surface area contributed by atoms with Gasteiger partial charge >= 0.3 is 0 Å². The highest BCUT2D eigenvalue weighted by Gasteiger charge is 2.39. The molecule has 2 aliphatic rings. The first kappa shape index (κ1) is 15.7. The Labute approximate surface area is 120 Å². The zero-order valence-electron chi connectivity index (χ0n) is 12.0. The Hall–Kier alpha value is -0.700. The van der Waals surface area contributed by atoms with Crippen LogP contribution in [0.5, 0.6) is 0 Å². The molecule has 2 heterocycles. The molecule has 1 amide bonds. The van der Waals surface area contributed by atoms with Gasteiger partial charge in [0, 0.05) is 33.2 Å². The van der Waals surface area contributed by atoms with Crippen LogP contribution in [0.2, 0.25) is 0 Å². The summed E-state index contributed by atoms with van der Waals surface area (Å²) < 4.78 is 28.4. The summed E-state index contributed by atoms with van der Waals surface area (Å²) in [6, 6.07) is -0.560. The largest absolute Gasteiger partial charge is 0.358 e. The average Bonchev–Trinajstić information content (AvgIpc) is 2.76. The molecule has 0 bridgehead atoms. The van der Waals surface area contributed by atoms with Crippen molar-refractivity contribution in [3.8, 4) is 0 Å². The van der Waals surface area contributed by atoms with E-state index in [4.69, 9.17) is 0 Å². The van der Waals surface area contributed by atoms with Crippen LogP contribution in [0.4, 0.5) is 0 Å². The van der Waals surface area contributed by atoms with E-state index in [2.05, 4.69) is 10.6 Å². The van der Waals surface area contributed by atoms with E-state index in [1.54, 1.807) is 7.05 Å². The summed E-state index contributed by atoms with van der Waals surface area (Å²) >= 11 is 0. The molecule has 0 aromatic heterocycles. The molecule has 2 fully saturated rings. The number of nitrogens with one attached hydrogen (secondary N) is 2. The summed E-state index contributed by atoms with van der Waals surface area (Å²) in [7, 11) is -1.99. The number of nitrogens with zero attached hydrogens (tertiary/aromatic N) is 2. The molecule has 0 saturated carbocycles. The molecule has 0 radical (unpaired) electrons. The molecule has 0 aliphatic carbocycles. The maximum absolute atomic E-state index is 12.8. The van der Waals surface area contributed by atoms with Crippen LogP contribution in [-0.4, -0.2) is 68.7 Å². The third-order valence-electron chi connectivity index (χ3n) is 3.92. The molecule has 1 unspecified atom stereocenters. The summed E-state index contributed by atoms with van der Waals surface area (Å²) in [5.74, 6) is -0.207. The number of amides is 1. The highest BCUT2D eigenvalue weighted by Crippen LogP contribution is 2.23. The summed E-state index contributed by atoms with van der Waals surface area (Å²) in [5.41, 5.74) is 0. The maximum Gasteiger partial charge on any atom is 0.282 e. The number of rotatable bonds is 3. The van der Waals surface area contributed by atoms with Gasteiger partial charge in [-0.25, -0.2) is 0 Å². The monoisotopic (exact) mass is 304 g/mol. The second-order valence-corrected chi connectivity index (χ2v) is 7.13. The molecule has 2 aliphatic heterocycles. The Balaban J connectivity index is 2.18. The summed E-state index contributed by atoms with van der Waals surface area (Å²) in [5, 5.41) is 5.77. The molecule has 0 spiro atoms. The van der Waals surface area contributed by atoms with Crippen molar-refractivity contribution in [3.63, 3.8) is 0 Å². The predicted octanol–water partition coefficient (Wildman–Crippen LogP) is -0.873. The normalized spacial score (nSPS) is 26.9. The first-order valence-electron chi connectivity index (χ1n) is 7.26. The molecule has 2 rings (SSSR count). The molecule has 116 valence electrons. The fraction of sp³-hybridized carbons (Fsp3) is 0.917. The second kappa shape index (κ2) is 6.84. The molecule has 2 saturated heterocycles. The molecule has 8 heteroatoms. The van der Waals surface area contributed by atoms with Crippen molar-refractivity contribution in [2.24, 2.45) is 0 Å². The standard InChI is InChI=1S/C12H24N4O3S/c1-13-12(17)11-5-2-3-9-16(11)20(18,19)15-8-4-6-14-7-10-15/h11,14H,2-10H2,1H3,(H,13,17). The highest BCUT2D eigenvalue weighted by atomic mass is 32.2. The Morgan fingerprint density at radius 2 is 1.95 bits per heavy atom. The Bertz CT molecular complexity index is 432. The fourth-order valence-corrected chi connectivity index (χ4v) is 4.67. The fourth-order valence-electron chi connectivity index (χ4n) is 2.81. The summed E-state index contributed by atoms with van der Waals surface area (Å²) in [6.45, 7) is 2.93. The lowest BCUT2D eigenvalue weighted by Gasteiger charge is -2.36. The minimum Gasteiger partial charge on any atom is -0.358 e. The van der Waals surface area contributed by atoms with Gasteiger partial charge in [-0.1, -0.05) is 6.42 Å². The van der Waals surface area contributed by atoms with Gasteiger partial charge in [0.05, 0.1) is 0 Å². The van der Waals surface area contributed by atoms with Crippen LogP contribution in [0.3, 0.4) is 0 Å². The van der Waals surface area contributed by atoms with Gasteiger partial charge in [0.1, 0.15) is 6.04 Å². The van der Waals surface area contributed by atoms with Gasteiger partial charge in [-0.05, 0) is 25.8 Å². The Morgan fingerprint density at radius 1 is 1.15 bits per heavy atom. The Kier molecular flexibility index (Phi) is 5.36. The second-order valence-electron chi connectivity index (χ2n) is 5.25. The smallest absolute Gasteiger partial charge is 0.282 e. The molecule has 0 aromatic rings. The third-order valence-corrected chi connectivity index (χ3v) is 5.97. The van der Waals surface area contributed by atoms with Crippen molar-refractivity contribution >= 4 is 16.1 Å². The van der Waals surface area contributed by atoms with E-state index < -0.39 is 16.3 Å². The zero-order chi connectivity index (χ0) is 14.6. The summed E-state index contributed by atoms with van der Waals surface area (Å²) in [4.78, 5) is 11.9. The molecule has 0 aromatic carbocycles. The van der Waals surface area contributed by atoms with Gasteiger partial charge in [-0.15, -0.1) is 0 Å². The average molecular weight is 304 g/mol. The van der Waals surface area contributed by atoms with Crippen molar-refractivity contribution in [1.29, 1.82) is 0 Å². The van der Waals surface area contributed by atoms with Gasteiger partial charge < -0.3 is 10.6 Å². The number of likely N-dealkylation sites (N-methyl/N-ethyl adjacent to an activating group) is 1. The minimum atomic E-state index is -3.55. The lowest BCUT2D eigenvalue weighted by molar-refractivity contribution is -0.125. The van der Waals surface area contributed by atoms with Gasteiger partial charge in [0.2, 0.25) is 5.91 Å². The van der Waals surface area contributed by atoms with Gasteiger partial charge in [-0.2, -0.15) is 17.0 Å².